The van der Waals surface area contributed by atoms with Crippen molar-refractivity contribution in [3.8, 4) is 0 Å². The summed E-state index contributed by atoms with van der Waals surface area (Å²) in [6, 6.07) is 0.489. The average molecular weight is 268 g/mol. The Morgan fingerprint density at radius 3 is 2.21 bits per heavy atom. The van der Waals surface area contributed by atoms with E-state index < -0.39 is 0 Å². The average Bonchev–Trinajstić information content (AvgIpc) is 2.41. The van der Waals surface area contributed by atoms with Crippen LogP contribution in [0.5, 0.6) is 0 Å². The summed E-state index contributed by atoms with van der Waals surface area (Å²) in [5, 5.41) is 0. The Kier molecular flexibility index (Phi) is 9.59. The minimum atomic E-state index is 0.489. The van der Waals surface area contributed by atoms with Gasteiger partial charge < -0.3 is 5.73 Å². The quantitative estimate of drug-likeness (QED) is 0.507. The Hall–Kier alpha value is -0.0400. The van der Waals surface area contributed by atoms with Crippen LogP contribution in [-0.2, 0) is 0 Å². The topological polar surface area (TPSA) is 26.0 Å². The molecule has 0 heterocycles. The van der Waals surface area contributed by atoms with Crippen LogP contribution in [0.3, 0.4) is 0 Å². The third-order valence-electron chi connectivity index (χ3n) is 4.97. The molecule has 114 valence electrons. The van der Waals surface area contributed by atoms with Crippen LogP contribution in [-0.4, -0.2) is 6.04 Å². The van der Waals surface area contributed by atoms with Gasteiger partial charge in [-0.2, -0.15) is 0 Å². The lowest BCUT2D eigenvalue weighted by molar-refractivity contribution is 0.237. The molecule has 2 N–H and O–H groups in total. The van der Waals surface area contributed by atoms with E-state index in [4.69, 9.17) is 5.73 Å². The van der Waals surface area contributed by atoms with Crippen molar-refractivity contribution in [1.29, 1.82) is 0 Å². The zero-order chi connectivity index (χ0) is 13.9. The first kappa shape index (κ1) is 17.0. The van der Waals surface area contributed by atoms with Gasteiger partial charge in [-0.25, -0.2) is 0 Å². The first-order valence-electron chi connectivity index (χ1n) is 8.99. The van der Waals surface area contributed by atoms with Gasteiger partial charge in [0.1, 0.15) is 0 Å². The molecule has 0 spiro atoms. The van der Waals surface area contributed by atoms with E-state index in [0.29, 0.717) is 6.04 Å². The minimum absolute atomic E-state index is 0.489. The summed E-state index contributed by atoms with van der Waals surface area (Å²) in [5.74, 6) is 1.75. The Labute approximate surface area is 121 Å². The molecule has 1 fully saturated rings. The second kappa shape index (κ2) is 10.7. The largest absolute Gasteiger partial charge is 0.327 e. The van der Waals surface area contributed by atoms with Crippen molar-refractivity contribution in [2.45, 2.75) is 103 Å². The highest BCUT2D eigenvalue weighted by molar-refractivity contribution is 4.79. The van der Waals surface area contributed by atoms with Crippen molar-refractivity contribution in [3.05, 3.63) is 0 Å². The molecule has 1 nitrogen and oxygen atoms in total. The summed E-state index contributed by atoms with van der Waals surface area (Å²) in [6.45, 7) is 4.68. The zero-order valence-electron chi connectivity index (χ0n) is 13.5. The number of nitrogens with two attached hydrogens (primary N) is 1. The molecule has 0 saturated heterocycles. The molecule has 19 heavy (non-hydrogen) atoms. The third kappa shape index (κ3) is 7.97. The maximum atomic E-state index is 6.39. The Morgan fingerprint density at radius 1 is 0.947 bits per heavy atom. The zero-order valence-corrected chi connectivity index (χ0v) is 13.5. The van der Waals surface area contributed by atoms with E-state index in [2.05, 4.69) is 13.8 Å². The second-order valence-corrected chi connectivity index (χ2v) is 6.96. The number of hydrogen-bond acceptors (Lipinski definition) is 1. The Morgan fingerprint density at radius 2 is 1.58 bits per heavy atom. The van der Waals surface area contributed by atoms with Crippen molar-refractivity contribution in [2.24, 2.45) is 17.6 Å². The van der Waals surface area contributed by atoms with Gasteiger partial charge >= 0.3 is 0 Å². The highest BCUT2D eigenvalue weighted by Crippen LogP contribution is 2.31. The molecule has 1 aliphatic rings. The van der Waals surface area contributed by atoms with Gasteiger partial charge in [0.15, 0.2) is 0 Å². The van der Waals surface area contributed by atoms with E-state index in [0.717, 1.165) is 11.8 Å². The molecule has 0 aliphatic heterocycles. The molecular weight excluding hydrogens is 230 g/mol. The van der Waals surface area contributed by atoms with Crippen LogP contribution in [0.4, 0.5) is 0 Å². The standard InChI is InChI=1S/C18H37N/c1-3-4-5-6-7-8-9-10-14-18(19)17-13-11-12-16(2)15-17/h16-18H,3-15,19H2,1-2H3. The maximum Gasteiger partial charge on any atom is 0.00672 e. The number of hydrogen-bond donors (Lipinski definition) is 1. The fourth-order valence-electron chi connectivity index (χ4n) is 3.62. The van der Waals surface area contributed by atoms with Crippen molar-refractivity contribution in [1.82, 2.24) is 0 Å². The normalized spacial score (nSPS) is 25.4. The summed E-state index contributed by atoms with van der Waals surface area (Å²) in [6.07, 6.45) is 18.2. The second-order valence-electron chi connectivity index (χ2n) is 6.96. The predicted molar refractivity (Wildman–Crippen MR) is 86.3 cm³/mol. The molecular formula is C18H37N. The van der Waals surface area contributed by atoms with Crippen LogP contribution in [0.1, 0.15) is 97.3 Å². The van der Waals surface area contributed by atoms with Crippen LogP contribution in [0.15, 0.2) is 0 Å². The lowest BCUT2D eigenvalue weighted by Crippen LogP contribution is -2.33. The van der Waals surface area contributed by atoms with Gasteiger partial charge in [0.2, 0.25) is 0 Å². The maximum absolute atomic E-state index is 6.39. The van der Waals surface area contributed by atoms with Crippen LogP contribution >= 0.6 is 0 Å². The van der Waals surface area contributed by atoms with Gasteiger partial charge in [-0.3, -0.25) is 0 Å². The van der Waals surface area contributed by atoms with Crippen molar-refractivity contribution >= 4 is 0 Å². The van der Waals surface area contributed by atoms with Gasteiger partial charge in [0, 0.05) is 6.04 Å². The molecule has 1 aliphatic carbocycles. The molecule has 1 heteroatoms. The molecule has 1 saturated carbocycles. The molecule has 0 amide bonds. The van der Waals surface area contributed by atoms with E-state index in [-0.39, 0.29) is 0 Å². The van der Waals surface area contributed by atoms with Gasteiger partial charge in [-0.1, -0.05) is 78.1 Å². The third-order valence-corrected chi connectivity index (χ3v) is 4.97. The van der Waals surface area contributed by atoms with Crippen molar-refractivity contribution in [3.63, 3.8) is 0 Å². The van der Waals surface area contributed by atoms with Crippen LogP contribution in [0.2, 0.25) is 0 Å². The molecule has 0 aromatic carbocycles. The van der Waals surface area contributed by atoms with Crippen LogP contribution in [0, 0.1) is 11.8 Å². The summed E-state index contributed by atoms with van der Waals surface area (Å²) < 4.78 is 0. The molecule has 0 bridgehead atoms. The smallest absolute Gasteiger partial charge is 0.00672 e. The van der Waals surface area contributed by atoms with E-state index in [1.165, 1.54) is 83.5 Å². The highest BCUT2D eigenvalue weighted by Gasteiger charge is 2.23. The number of unbranched alkanes of at least 4 members (excludes halogenated alkanes) is 7. The molecule has 3 atom stereocenters. The lowest BCUT2D eigenvalue weighted by atomic mass is 9.77. The first-order valence-corrected chi connectivity index (χ1v) is 8.99. The van der Waals surface area contributed by atoms with E-state index in [1.54, 1.807) is 0 Å². The summed E-state index contributed by atoms with van der Waals surface area (Å²) in [4.78, 5) is 0. The lowest BCUT2D eigenvalue weighted by Gasteiger charge is -2.31. The molecule has 0 aromatic rings. The van der Waals surface area contributed by atoms with Gasteiger partial charge in [0.05, 0.1) is 0 Å². The Bertz CT molecular complexity index is 202. The van der Waals surface area contributed by atoms with Crippen LogP contribution < -0.4 is 5.73 Å². The van der Waals surface area contributed by atoms with Gasteiger partial charge in [0.25, 0.3) is 0 Å². The highest BCUT2D eigenvalue weighted by atomic mass is 14.6. The summed E-state index contributed by atoms with van der Waals surface area (Å²) in [5.41, 5.74) is 6.39. The van der Waals surface area contributed by atoms with Gasteiger partial charge in [-0.05, 0) is 31.1 Å². The number of rotatable bonds is 10. The van der Waals surface area contributed by atoms with E-state index >= 15 is 0 Å². The predicted octanol–water partition coefficient (Wildman–Crippen LogP) is 5.67. The first-order chi connectivity index (χ1) is 9.24. The van der Waals surface area contributed by atoms with Crippen molar-refractivity contribution in [2.75, 3.05) is 0 Å². The summed E-state index contributed by atoms with van der Waals surface area (Å²) in [7, 11) is 0. The van der Waals surface area contributed by atoms with E-state index in [1.807, 2.05) is 0 Å². The fourth-order valence-corrected chi connectivity index (χ4v) is 3.62. The van der Waals surface area contributed by atoms with Crippen LogP contribution in [0.25, 0.3) is 0 Å². The monoisotopic (exact) mass is 267 g/mol. The van der Waals surface area contributed by atoms with E-state index in [9.17, 15) is 0 Å². The molecule has 3 unspecified atom stereocenters. The minimum Gasteiger partial charge on any atom is -0.327 e. The van der Waals surface area contributed by atoms with Crippen molar-refractivity contribution < 1.29 is 0 Å². The SMILES string of the molecule is CCCCCCCCCCC(N)C1CCCC(C)C1. The molecule has 0 aromatic heterocycles. The molecule has 1 rings (SSSR count). The fraction of sp³-hybridized carbons (Fsp3) is 1.00. The Balaban J connectivity index is 1.93. The van der Waals surface area contributed by atoms with Gasteiger partial charge in [-0.15, -0.1) is 0 Å². The summed E-state index contributed by atoms with van der Waals surface area (Å²) >= 11 is 0. The molecule has 0 radical (unpaired) electrons.